The highest BCUT2D eigenvalue weighted by Gasteiger charge is 2.50. The Morgan fingerprint density at radius 2 is 1.66 bits per heavy atom. The minimum atomic E-state index is -0.971. The van der Waals surface area contributed by atoms with Gasteiger partial charge in [-0.05, 0) is 111 Å². The number of ether oxygens (including phenoxy) is 1. The van der Waals surface area contributed by atoms with Gasteiger partial charge in [0, 0.05) is 61.2 Å². The molecule has 4 saturated heterocycles. The SMILES string of the molecule is CC(C)(c1ccc(OCc2ccnc(N3CCC(CN4CCC5(CC4)CN(c4cccc6c4C(=O)N(C4CCC(=O)NC4=O)C6=O)C5)CC3)n2)cc1)c1cc(Cl)cc(C#N)c1. The Bertz CT molecular complexity index is 2430. The minimum absolute atomic E-state index is 0.0980. The summed E-state index contributed by atoms with van der Waals surface area (Å²) in [6.45, 7) is 11.2. The number of benzene rings is 3. The molecule has 13 nitrogen and oxygen atoms in total. The molecule has 4 fully saturated rings. The molecule has 1 atom stereocenters. The van der Waals surface area contributed by atoms with Crippen molar-refractivity contribution in [1.82, 2.24) is 25.1 Å². The molecule has 1 spiro atoms. The molecule has 0 saturated carbocycles. The maximum atomic E-state index is 13.7. The number of rotatable bonds is 10. The fourth-order valence-electron chi connectivity index (χ4n) is 9.83. The molecule has 61 heavy (non-hydrogen) atoms. The predicted molar refractivity (Wildman–Crippen MR) is 229 cm³/mol. The highest BCUT2D eigenvalue weighted by molar-refractivity contribution is 6.30. The van der Waals surface area contributed by atoms with Gasteiger partial charge in [0.25, 0.3) is 11.8 Å². The fourth-order valence-corrected chi connectivity index (χ4v) is 10.1. The van der Waals surface area contributed by atoms with Gasteiger partial charge in [-0.25, -0.2) is 9.97 Å². The van der Waals surface area contributed by atoms with Crippen molar-refractivity contribution in [3.63, 3.8) is 0 Å². The third-order valence-corrected chi connectivity index (χ3v) is 13.8. The minimum Gasteiger partial charge on any atom is -0.487 e. The van der Waals surface area contributed by atoms with Crippen molar-refractivity contribution in [1.29, 1.82) is 5.26 Å². The Balaban J connectivity index is 0.729. The van der Waals surface area contributed by atoms with Gasteiger partial charge in [-0.2, -0.15) is 5.26 Å². The van der Waals surface area contributed by atoms with E-state index in [-0.39, 0.29) is 29.6 Å². The van der Waals surface area contributed by atoms with E-state index in [1.807, 2.05) is 60.8 Å². The molecule has 0 radical (unpaired) electrons. The van der Waals surface area contributed by atoms with Gasteiger partial charge in [0.15, 0.2) is 0 Å². The zero-order valence-electron chi connectivity index (χ0n) is 34.5. The molecule has 0 bridgehead atoms. The van der Waals surface area contributed by atoms with Crippen molar-refractivity contribution in [2.75, 3.05) is 55.6 Å². The number of amides is 4. The van der Waals surface area contributed by atoms with Gasteiger partial charge in [-0.1, -0.05) is 43.6 Å². The molecule has 5 aliphatic heterocycles. The first kappa shape index (κ1) is 40.6. The highest BCUT2D eigenvalue weighted by atomic mass is 35.5. The van der Waals surface area contributed by atoms with Gasteiger partial charge < -0.3 is 19.4 Å². The van der Waals surface area contributed by atoms with Gasteiger partial charge in [-0.3, -0.25) is 29.4 Å². The summed E-state index contributed by atoms with van der Waals surface area (Å²) in [4.78, 5) is 68.9. The van der Waals surface area contributed by atoms with Crippen LogP contribution in [0.1, 0.15) is 95.5 Å². The number of nitrogens with zero attached hydrogens (tertiary/aromatic N) is 7. The second-order valence-corrected chi connectivity index (χ2v) is 18.3. The number of aromatic nitrogens is 2. The molecular formula is C47H49ClN8O5. The fraction of sp³-hybridized carbons (Fsp3) is 0.426. The first-order valence-corrected chi connectivity index (χ1v) is 21.6. The molecule has 314 valence electrons. The van der Waals surface area contributed by atoms with E-state index >= 15 is 0 Å². The summed E-state index contributed by atoms with van der Waals surface area (Å²) in [5.74, 6) is 0.197. The summed E-state index contributed by atoms with van der Waals surface area (Å²) >= 11 is 6.31. The van der Waals surface area contributed by atoms with Crippen molar-refractivity contribution in [3.05, 3.63) is 111 Å². The topological polar surface area (TPSA) is 152 Å². The molecule has 4 amide bonds. The van der Waals surface area contributed by atoms with Crippen LogP contribution in [0.5, 0.6) is 5.75 Å². The van der Waals surface area contributed by atoms with E-state index in [2.05, 4.69) is 44.9 Å². The smallest absolute Gasteiger partial charge is 0.264 e. The summed E-state index contributed by atoms with van der Waals surface area (Å²) in [6.07, 6.45) is 6.39. The van der Waals surface area contributed by atoms with Crippen LogP contribution in [0.15, 0.2) is 72.9 Å². The van der Waals surface area contributed by atoms with Gasteiger partial charge in [0.05, 0.1) is 34.1 Å². The lowest BCUT2D eigenvalue weighted by atomic mass is 9.71. The second-order valence-electron chi connectivity index (χ2n) is 17.9. The summed E-state index contributed by atoms with van der Waals surface area (Å²) in [6, 6.07) is 22.0. The maximum absolute atomic E-state index is 13.7. The Hall–Kier alpha value is -5.84. The van der Waals surface area contributed by atoms with E-state index in [1.54, 1.807) is 12.1 Å². The number of carbonyl (C=O) groups excluding carboxylic acids is 4. The number of carbonyl (C=O) groups is 4. The molecule has 3 aromatic carbocycles. The molecular weight excluding hydrogens is 792 g/mol. The number of hydrogen-bond acceptors (Lipinski definition) is 11. The molecule has 1 N–H and O–H groups in total. The predicted octanol–water partition coefficient (Wildman–Crippen LogP) is 6.13. The van der Waals surface area contributed by atoms with E-state index in [0.717, 1.165) is 111 Å². The van der Waals surface area contributed by atoms with Crippen molar-refractivity contribution >= 4 is 46.9 Å². The van der Waals surface area contributed by atoms with Gasteiger partial charge in [-0.15, -0.1) is 0 Å². The number of hydrogen-bond donors (Lipinski definition) is 1. The van der Waals surface area contributed by atoms with E-state index < -0.39 is 23.8 Å². The lowest BCUT2D eigenvalue weighted by Gasteiger charge is -2.55. The average Bonchev–Trinajstić information content (AvgIpc) is 3.51. The average molecular weight is 841 g/mol. The number of fused-ring (bicyclic) bond motifs is 1. The quantitative estimate of drug-likeness (QED) is 0.184. The first-order chi connectivity index (χ1) is 29.4. The van der Waals surface area contributed by atoms with E-state index in [4.69, 9.17) is 21.3 Å². The molecule has 5 aliphatic rings. The Morgan fingerprint density at radius 3 is 2.38 bits per heavy atom. The Morgan fingerprint density at radius 1 is 0.902 bits per heavy atom. The first-order valence-electron chi connectivity index (χ1n) is 21.2. The van der Waals surface area contributed by atoms with E-state index in [0.29, 0.717) is 34.2 Å². The van der Waals surface area contributed by atoms with Gasteiger partial charge in [0.1, 0.15) is 18.4 Å². The summed E-state index contributed by atoms with van der Waals surface area (Å²) < 4.78 is 6.15. The number of imide groups is 2. The molecule has 6 heterocycles. The second kappa shape index (κ2) is 16.2. The third-order valence-electron chi connectivity index (χ3n) is 13.6. The van der Waals surface area contributed by atoms with Crippen LogP contribution in [-0.4, -0.2) is 95.3 Å². The number of piperidine rings is 3. The largest absolute Gasteiger partial charge is 0.487 e. The monoisotopic (exact) mass is 840 g/mol. The van der Waals surface area contributed by atoms with Crippen LogP contribution in [0.4, 0.5) is 11.6 Å². The van der Waals surface area contributed by atoms with Crippen LogP contribution in [0.3, 0.4) is 0 Å². The van der Waals surface area contributed by atoms with Crippen molar-refractivity contribution < 1.29 is 23.9 Å². The number of nitriles is 1. The molecule has 4 aromatic rings. The third kappa shape index (κ3) is 7.95. The van der Waals surface area contributed by atoms with E-state index in [9.17, 15) is 24.4 Å². The Labute approximate surface area is 360 Å². The number of halogens is 1. The number of likely N-dealkylation sites (tertiary alicyclic amines) is 1. The molecule has 14 heteroatoms. The normalized spacial score (nSPS) is 20.7. The van der Waals surface area contributed by atoms with E-state index in [1.165, 1.54) is 0 Å². The summed E-state index contributed by atoms with van der Waals surface area (Å²) in [7, 11) is 0. The van der Waals surface area contributed by atoms with Gasteiger partial charge in [0.2, 0.25) is 17.8 Å². The van der Waals surface area contributed by atoms with Crippen LogP contribution in [0, 0.1) is 22.7 Å². The molecule has 1 aromatic heterocycles. The standard InChI is InChI=1S/C47H49ClN8O5/c1-46(2,33-22-31(25-49)23-34(48)24-33)32-6-8-36(9-7-32)61-27-35-12-17-50-45(51-35)54-18-13-30(14-19-54)26-53-20-15-47(16-21-53)28-55(29-47)38-5-3-4-37-41(38)44(60)56(43(37)59)39-10-11-40(57)52-42(39)58/h3-9,12,17,22-24,30,39H,10-11,13-16,18-21,26-29H2,1-2H3,(H,52,57,58). The zero-order valence-corrected chi connectivity index (χ0v) is 35.3. The number of nitrogens with one attached hydrogen (secondary N) is 1. The summed E-state index contributed by atoms with van der Waals surface area (Å²) in [5, 5.41) is 12.2. The van der Waals surface area contributed by atoms with Crippen LogP contribution >= 0.6 is 11.6 Å². The number of anilines is 2. The lowest BCUT2D eigenvalue weighted by Crippen LogP contribution is -2.61. The summed E-state index contributed by atoms with van der Waals surface area (Å²) in [5.41, 5.74) is 4.71. The van der Waals surface area contributed by atoms with Crippen LogP contribution in [0.2, 0.25) is 5.02 Å². The lowest BCUT2D eigenvalue weighted by molar-refractivity contribution is -0.136. The molecule has 1 unspecified atom stereocenters. The Kier molecular flexibility index (Phi) is 10.8. The van der Waals surface area contributed by atoms with Crippen LogP contribution < -0.4 is 19.9 Å². The highest BCUT2D eigenvalue weighted by Crippen LogP contribution is 2.45. The maximum Gasteiger partial charge on any atom is 0.264 e. The van der Waals surface area contributed by atoms with Crippen LogP contribution in [-0.2, 0) is 21.6 Å². The van der Waals surface area contributed by atoms with Crippen LogP contribution in [0.25, 0.3) is 0 Å². The van der Waals surface area contributed by atoms with Gasteiger partial charge >= 0.3 is 0 Å². The van der Waals surface area contributed by atoms with Crippen molar-refractivity contribution in [3.8, 4) is 11.8 Å². The molecule has 9 rings (SSSR count). The zero-order chi connectivity index (χ0) is 42.5. The molecule has 0 aliphatic carbocycles. The van der Waals surface area contributed by atoms with Crippen molar-refractivity contribution in [2.24, 2.45) is 11.3 Å². The van der Waals surface area contributed by atoms with Crippen molar-refractivity contribution in [2.45, 2.75) is 70.4 Å².